The van der Waals surface area contributed by atoms with Crippen molar-refractivity contribution in [2.75, 3.05) is 20.8 Å². The van der Waals surface area contributed by atoms with Crippen LogP contribution in [0.15, 0.2) is 97.1 Å². The van der Waals surface area contributed by atoms with Gasteiger partial charge in [0.1, 0.15) is 24.4 Å². The number of methoxy groups -OCH3 is 2. The van der Waals surface area contributed by atoms with Gasteiger partial charge in [-0.2, -0.15) is 0 Å². The maximum atomic E-state index is 6.69. The molecule has 242 valence electrons. The second-order valence-corrected chi connectivity index (χ2v) is 12.7. The van der Waals surface area contributed by atoms with E-state index in [4.69, 9.17) is 49.5 Å². The molecule has 2 aliphatic heterocycles. The molecule has 0 radical (unpaired) electrons. The number of benzene rings is 4. The number of fused-ring (bicyclic) bond motifs is 1. The van der Waals surface area contributed by atoms with Crippen LogP contribution in [0.1, 0.15) is 28.5 Å². The van der Waals surface area contributed by atoms with Crippen LogP contribution in [0.2, 0.25) is 5.02 Å². The molecule has 0 bridgehead atoms. The molecule has 0 aromatic heterocycles. The van der Waals surface area contributed by atoms with Gasteiger partial charge in [-0.15, -0.1) is 0 Å². The zero-order valence-corrected chi connectivity index (χ0v) is 28.5. The number of ether oxygens (including phenoxy) is 8. The fraction of sp³-hybridized carbons (Fsp3) is 0.333. The number of hydrogen-bond acceptors (Lipinski definition) is 8. The highest BCUT2D eigenvalue weighted by Crippen LogP contribution is 2.38. The highest BCUT2D eigenvalue weighted by molar-refractivity contribution is 14.1. The Balaban J connectivity index is 1.28. The summed E-state index contributed by atoms with van der Waals surface area (Å²) < 4.78 is 51.2. The molecule has 0 saturated carbocycles. The van der Waals surface area contributed by atoms with Crippen molar-refractivity contribution in [3.63, 3.8) is 0 Å². The molecule has 6 rings (SSSR count). The molecule has 0 spiro atoms. The highest BCUT2D eigenvalue weighted by atomic mass is 127. The van der Waals surface area contributed by atoms with E-state index in [0.717, 1.165) is 25.8 Å². The third-order valence-electron chi connectivity index (χ3n) is 7.93. The van der Waals surface area contributed by atoms with Gasteiger partial charge >= 0.3 is 0 Å². The number of hydrogen-bond donors (Lipinski definition) is 0. The zero-order chi connectivity index (χ0) is 31.9. The Kier molecular flexibility index (Phi) is 11.5. The van der Waals surface area contributed by atoms with E-state index in [2.05, 4.69) is 34.7 Å². The fourth-order valence-electron chi connectivity index (χ4n) is 5.52. The Morgan fingerprint density at radius 2 is 1.33 bits per heavy atom. The normalized spacial score (nSPS) is 24.3. The van der Waals surface area contributed by atoms with E-state index < -0.39 is 37.0 Å². The van der Waals surface area contributed by atoms with Gasteiger partial charge in [0.05, 0.1) is 40.6 Å². The molecule has 0 amide bonds. The molecular weight excluding hydrogens is 723 g/mol. The second-order valence-electron chi connectivity index (χ2n) is 11.0. The maximum Gasteiger partial charge on any atom is 0.187 e. The maximum absolute atomic E-state index is 6.69. The van der Waals surface area contributed by atoms with Crippen LogP contribution in [0.4, 0.5) is 0 Å². The molecule has 4 aromatic carbocycles. The van der Waals surface area contributed by atoms with Crippen LogP contribution in [0.5, 0.6) is 11.5 Å². The Morgan fingerprint density at radius 3 is 2.02 bits per heavy atom. The van der Waals surface area contributed by atoms with Crippen molar-refractivity contribution in [1.29, 1.82) is 0 Å². The van der Waals surface area contributed by atoms with E-state index in [1.165, 1.54) is 0 Å². The third kappa shape index (κ3) is 8.21. The van der Waals surface area contributed by atoms with E-state index >= 15 is 0 Å². The van der Waals surface area contributed by atoms with Crippen molar-refractivity contribution in [3.05, 3.63) is 128 Å². The summed E-state index contributed by atoms with van der Waals surface area (Å²) in [5.41, 5.74) is 3.80. The molecule has 2 aliphatic rings. The summed E-state index contributed by atoms with van der Waals surface area (Å²) in [6, 6.07) is 31.3. The third-order valence-corrected chi connectivity index (χ3v) is 8.90. The molecule has 46 heavy (non-hydrogen) atoms. The van der Waals surface area contributed by atoms with Gasteiger partial charge in [-0.1, -0.05) is 72.3 Å². The number of rotatable bonds is 12. The Labute approximate surface area is 287 Å². The van der Waals surface area contributed by atoms with Gasteiger partial charge in [-0.25, -0.2) is 0 Å². The average Bonchev–Trinajstić information content (AvgIpc) is 3.10. The first-order chi connectivity index (χ1) is 22.5. The first-order valence-electron chi connectivity index (χ1n) is 15.0. The first-order valence-corrected chi connectivity index (χ1v) is 16.5. The molecule has 2 saturated heterocycles. The average molecular weight is 759 g/mol. The highest BCUT2D eigenvalue weighted by Gasteiger charge is 2.52. The summed E-state index contributed by atoms with van der Waals surface area (Å²) >= 11 is 8.45. The molecule has 8 nitrogen and oxygen atoms in total. The van der Waals surface area contributed by atoms with Gasteiger partial charge in [0, 0.05) is 14.2 Å². The topological polar surface area (TPSA) is 73.8 Å². The molecule has 10 heteroatoms. The predicted octanol–water partition coefficient (Wildman–Crippen LogP) is 7.49. The van der Waals surface area contributed by atoms with Crippen molar-refractivity contribution < 1.29 is 37.9 Å². The molecule has 0 aliphatic carbocycles. The second kappa shape index (κ2) is 15.9. The fourth-order valence-corrected chi connectivity index (χ4v) is 6.01. The summed E-state index contributed by atoms with van der Waals surface area (Å²) in [7, 11) is 3.21. The van der Waals surface area contributed by atoms with E-state index in [1.54, 1.807) is 14.2 Å². The van der Waals surface area contributed by atoms with E-state index in [1.807, 2.05) is 84.9 Å². The summed E-state index contributed by atoms with van der Waals surface area (Å²) in [6.07, 6.45) is -3.49. The van der Waals surface area contributed by atoms with Crippen LogP contribution in [0.25, 0.3) is 0 Å². The smallest absolute Gasteiger partial charge is 0.187 e. The minimum absolute atomic E-state index is 0.240. The molecule has 0 N–H and O–H groups in total. The van der Waals surface area contributed by atoms with E-state index in [9.17, 15) is 0 Å². The molecule has 2 heterocycles. The lowest BCUT2D eigenvalue weighted by Crippen LogP contribution is -2.63. The first kappa shape index (κ1) is 33.2. The van der Waals surface area contributed by atoms with E-state index in [0.29, 0.717) is 36.3 Å². The van der Waals surface area contributed by atoms with Crippen molar-refractivity contribution in [1.82, 2.24) is 0 Å². The van der Waals surface area contributed by atoms with Gasteiger partial charge in [0.25, 0.3) is 0 Å². The molecule has 4 aromatic rings. The van der Waals surface area contributed by atoms with Gasteiger partial charge < -0.3 is 37.9 Å². The van der Waals surface area contributed by atoms with Crippen molar-refractivity contribution in [2.24, 2.45) is 0 Å². The summed E-state index contributed by atoms with van der Waals surface area (Å²) in [5.74, 6) is 1.26. The minimum atomic E-state index is -0.783. The van der Waals surface area contributed by atoms with Gasteiger partial charge in [0.15, 0.2) is 24.1 Å². The lowest BCUT2D eigenvalue weighted by Gasteiger charge is -2.49. The lowest BCUT2D eigenvalue weighted by atomic mass is 9.97. The molecule has 6 atom stereocenters. The summed E-state index contributed by atoms with van der Waals surface area (Å²) in [4.78, 5) is 0. The molecular formula is C36H36ClIO8. The van der Waals surface area contributed by atoms with Crippen LogP contribution >= 0.6 is 34.2 Å². The summed E-state index contributed by atoms with van der Waals surface area (Å²) in [6.45, 7) is 1.18. The Morgan fingerprint density at radius 1 is 0.696 bits per heavy atom. The van der Waals surface area contributed by atoms with Gasteiger partial charge in [0.2, 0.25) is 0 Å². The Bertz CT molecular complexity index is 1540. The van der Waals surface area contributed by atoms with E-state index in [-0.39, 0.29) is 6.61 Å². The molecule has 2 fully saturated rings. The van der Waals surface area contributed by atoms with Crippen molar-refractivity contribution >= 4 is 34.2 Å². The van der Waals surface area contributed by atoms with Crippen LogP contribution < -0.4 is 9.47 Å². The van der Waals surface area contributed by atoms with Crippen molar-refractivity contribution in [2.45, 2.75) is 56.8 Å². The van der Waals surface area contributed by atoms with Crippen molar-refractivity contribution in [3.8, 4) is 11.5 Å². The zero-order valence-electron chi connectivity index (χ0n) is 25.6. The minimum Gasteiger partial charge on any atom is -0.493 e. The lowest BCUT2D eigenvalue weighted by molar-refractivity contribution is -0.374. The standard InChI is InChI=1S/C36H36ClIO8/c1-39-29-17-12-25(18-30(29)40-2)21-43-36-34(42-20-24-10-15-28(38)16-11-24)33(41-19-23-8-13-27(37)14-9-23)32-31(45-36)22-44-35(46-32)26-6-4-3-5-7-26/h3-18,31-36H,19-22H2,1-2H3/t31-,32-,33+,34-,35-,36+/m1/s1. The van der Waals surface area contributed by atoms with Crippen LogP contribution in [-0.4, -0.2) is 51.5 Å². The largest absolute Gasteiger partial charge is 0.493 e. The number of halogens is 2. The molecule has 0 unspecified atom stereocenters. The van der Waals surface area contributed by atoms with Crippen LogP contribution in [-0.2, 0) is 48.2 Å². The monoisotopic (exact) mass is 758 g/mol. The SMILES string of the molecule is COc1ccc(CO[C@H]2O[C@@H]3CO[C@@H](c4ccccc4)O[C@H]3[C@H](OCc3ccc(Cl)cc3)[C@H]2OCc2ccc(I)cc2)cc1OC. The summed E-state index contributed by atoms with van der Waals surface area (Å²) in [5, 5.41) is 0.663. The van der Waals surface area contributed by atoms with Gasteiger partial charge in [-0.3, -0.25) is 0 Å². The predicted molar refractivity (Wildman–Crippen MR) is 181 cm³/mol. The Hall–Kier alpha value is -2.74. The van der Waals surface area contributed by atoms with Gasteiger partial charge in [-0.05, 0) is 75.7 Å². The quantitative estimate of drug-likeness (QED) is 0.138. The van der Waals surface area contributed by atoms with Crippen LogP contribution in [0.3, 0.4) is 0 Å². The van der Waals surface area contributed by atoms with Crippen LogP contribution in [0, 0.1) is 3.57 Å².